The summed E-state index contributed by atoms with van der Waals surface area (Å²) in [7, 11) is 0. The van der Waals surface area contributed by atoms with Crippen LogP contribution >= 0.6 is 11.6 Å². The third-order valence-corrected chi connectivity index (χ3v) is 3.39. The van der Waals surface area contributed by atoms with Crippen molar-refractivity contribution in [3.8, 4) is 11.5 Å². The summed E-state index contributed by atoms with van der Waals surface area (Å²) >= 11 is 5.76. The first kappa shape index (κ1) is 13.5. The smallest absolute Gasteiger partial charge is 0.188 e. The molecule has 0 saturated heterocycles. The molecule has 2 aromatic carbocycles. The average Bonchev–Trinajstić information content (AvgIpc) is 2.49. The third kappa shape index (κ3) is 2.43. The fourth-order valence-electron chi connectivity index (χ4n) is 1.98. The predicted molar refractivity (Wildman–Crippen MR) is 82.1 cm³/mol. The summed E-state index contributed by atoms with van der Waals surface area (Å²) < 4.78 is 19.6. The molecule has 1 aromatic heterocycles. The maximum Gasteiger partial charge on any atom is 0.188 e. The molecule has 0 saturated carbocycles. The first-order chi connectivity index (χ1) is 10.1. The molecule has 3 rings (SSSR count). The van der Waals surface area contributed by atoms with Gasteiger partial charge in [0.2, 0.25) is 0 Å². The van der Waals surface area contributed by atoms with E-state index in [0.29, 0.717) is 5.75 Å². The normalized spacial score (nSPS) is 10.8. The summed E-state index contributed by atoms with van der Waals surface area (Å²) in [6.45, 7) is 0. The molecule has 0 amide bonds. The quantitative estimate of drug-likeness (QED) is 0.702. The number of rotatable bonds is 2. The number of fused-ring (bicyclic) bond motifs is 1. The van der Waals surface area contributed by atoms with Crippen molar-refractivity contribution in [1.29, 1.82) is 0 Å². The van der Waals surface area contributed by atoms with Gasteiger partial charge in [-0.25, -0.2) is 4.39 Å². The van der Waals surface area contributed by atoms with Gasteiger partial charge in [-0.05, 0) is 18.2 Å². The van der Waals surface area contributed by atoms with Crippen LogP contribution in [0.15, 0.2) is 42.6 Å². The lowest BCUT2D eigenvalue weighted by atomic mass is 10.2. The number of ether oxygens (including phenoxy) is 1. The Balaban J connectivity index is 2.04. The summed E-state index contributed by atoms with van der Waals surface area (Å²) in [5, 5.41) is 0.656. The number of nitrogen functional groups attached to an aromatic ring is 2. The van der Waals surface area contributed by atoms with Gasteiger partial charge in [0.05, 0.1) is 23.1 Å². The Kier molecular flexibility index (Phi) is 3.27. The molecule has 0 fully saturated rings. The van der Waals surface area contributed by atoms with Gasteiger partial charge >= 0.3 is 0 Å². The Bertz CT molecular complexity index is 839. The highest BCUT2D eigenvalue weighted by Crippen LogP contribution is 2.38. The second-order valence-electron chi connectivity index (χ2n) is 4.48. The van der Waals surface area contributed by atoms with E-state index < -0.39 is 5.82 Å². The van der Waals surface area contributed by atoms with Gasteiger partial charge in [-0.3, -0.25) is 4.98 Å². The van der Waals surface area contributed by atoms with Gasteiger partial charge in [-0.1, -0.05) is 29.8 Å². The zero-order chi connectivity index (χ0) is 15.0. The van der Waals surface area contributed by atoms with Gasteiger partial charge in [-0.15, -0.1) is 0 Å². The van der Waals surface area contributed by atoms with Crippen molar-refractivity contribution in [3.63, 3.8) is 0 Å². The summed E-state index contributed by atoms with van der Waals surface area (Å²) in [5.74, 6) is -0.589. The molecule has 0 unspecified atom stereocenters. The van der Waals surface area contributed by atoms with Crippen molar-refractivity contribution >= 4 is 33.9 Å². The molecule has 4 nitrogen and oxygen atoms in total. The number of benzene rings is 2. The molecular formula is C15H11ClFN3O. The van der Waals surface area contributed by atoms with Crippen LogP contribution < -0.4 is 16.2 Å². The molecule has 0 aliphatic heterocycles. The van der Waals surface area contributed by atoms with Crippen molar-refractivity contribution in [2.75, 3.05) is 11.5 Å². The summed E-state index contributed by atoms with van der Waals surface area (Å²) in [6, 6.07) is 10.6. The largest absolute Gasteiger partial charge is 0.450 e. The Morgan fingerprint density at radius 3 is 2.67 bits per heavy atom. The Labute approximate surface area is 125 Å². The van der Waals surface area contributed by atoms with Crippen LogP contribution in [0.1, 0.15) is 0 Å². The molecule has 0 bridgehead atoms. The number of hydrogen-bond acceptors (Lipinski definition) is 4. The Morgan fingerprint density at radius 1 is 1.10 bits per heavy atom. The predicted octanol–water partition coefficient (Wildman–Crippen LogP) is 3.98. The van der Waals surface area contributed by atoms with E-state index in [-0.39, 0.29) is 22.1 Å². The SMILES string of the molecule is Nc1cc(N)c(Oc2cnc3ccccc3c2)c(F)c1Cl. The molecule has 0 aliphatic carbocycles. The highest BCUT2D eigenvalue weighted by molar-refractivity contribution is 6.33. The van der Waals surface area contributed by atoms with Crippen molar-refractivity contribution in [1.82, 2.24) is 4.98 Å². The second kappa shape index (κ2) is 5.10. The van der Waals surface area contributed by atoms with Gasteiger partial charge in [0.25, 0.3) is 0 Å². The van der Waals surface area contributed by atoms with Crippen LogP contribution in [0.25, 0.3) is 10.9 Å². The lowest BCUT2D eigenvalue weighted by molar-refractivity contribution is 0.444. The van der Waals surface area contributed by atoms with Gasteiger partial charge in [0.1, 0.15) is 10.8 Å². The van der Waals surface area contributed by atoms with Crippen LogP contribution in [-0.2, 0) is 0 Å². The highest BCUT2D eigenvalue weighted by Gasteiger charge is 2.16. The van der Waals surface area contributed by atoms with E-state index in [4.69, 9.17) is 27.8 Å². The van der Waals surface area contributed by atoms with Gasteiger partial charge in [0, 0.05) is 5.39 Å². The number of hydrogen-bond donors (Lipinski definition) is 2. The standard InChI is InChI=1S/C15H11ClFN3O/c16-13-10(18)6-11(19)15(14(13)17)21-9-5-8-3-1-2-4-12(8)20-7-9/h1-7H,18-19H2. The van der Waals surface area contributed by atoms with Gasteiger partial charge in [-0.2, -0.15) is 0 Å². The van der Waals surface area contributed by atoms with E-state index in [9.17, 15) is 4.39 Å². The second-order valence-corrected chi connectivity index (χ2v) is 4.86. The first-order valence-corrected chi connectivity index (χ1v) is 6.49. The zero-order valence-electron chi connectivity index (χ0n) is 10.8. The maximum atomic E-state index is 14.1. The van der Waals surface area contributed by atoms with E-state index in [1.165, 1.54) is 12.3 Å². The fourth-order valence-corrected chi connectivity index (χ4v) is 2.12. The molecule has 6 heteroatoms. The molecule has 0 spiro atoms. The first-order valence-electron chi connectivity index (χ1n) is 6.12. The Morgan fingerprint density at radius 2 is 1.86 bits per heavy atom. The summed E-state index contributed by atoms with van der Waals surface area (Å²) in [4.78, 5) is 4.23. The summed E-state index contributed by atoms with van der Waals surface area (Å²) in [5.41, 5.74) is 12.2. The maximum absolute atomic E-state index is 14.1. The van der Waals surface area contributed by atoms with Crippen LogP contribution in [0.3, 0.4) is 0 Å². The molecule has 0 radical (unpaired) electrons. The monoisotopic (exact) mass is 303 g/mol. The molecule has 0 aliphatic rings. The van der Waals surface area contributed by atoms with Crippen molar-refractivity contribution in [2.24, 2.45) is 0 Å². The number of halogens is 2. The lowest BCUT2D eigenvalue weighted by Gasteiger charge is -2.12. The molecule has 106 valence electrons. The van der Waals surface area contributed by atoms with E-state index in [0.717, 1.165) is 10.9 Å². The lowest BCUT2D eigenvalue weighted by Crippen LogP contribution is -2.00. The molecule has 4 N–H and O–H groups in total. The topological polar surface area (TPSA) is 74.2 Å². The van der Waals surface area contributed by atoms with Crippen LogP contribution in [0.4, 0.5) is 15.8 Å². The van der Waals surface area contributed by atoms with E-state index in [2.05, 4.69) is 4.98 Å². The minimum atomic E-state index is -0.790. The minimum absolute atomic E-state index is 0.0654. The van der Waals surface area contributed by atoms with Crippen LogP contribution in [0, 0.1) is 5.82 Å². The van der Waals surface area contributed by atoms with Crippen LogP contribution in [0.2, 0.25) is 5.02 Å². The van der Waals surface area contributed by atoms with E-state index in [1.54, 1.807) is 6.07 Å². The average molecular weight is 304 g/mol. The molecule has 3 aromatic rings. The van der Waals surface area contributed by atoms with E-state index in [1.807, 2.05) is 24.3 Å². The minimum Gasteiger partial charge on any atom is -0.450 e. The number of nitrogens with zero attached hydrogens (tertiary/aromatic N) is 1. The molecule has 0 atom stereocenters. The third-order valence-electron chi connectivity index (χ3n) is 3.00. The van der Waals surface area contributed by atoms with Crippen LogP contribution in [-0.4, -0.2) is 4.98 Å². The molecule has 1 heterocycles. The van der Waals surface area contributed by atoms with Gasteiger partial charge in [0.15, 0.2) is 11.6 Å². The number of anilines is 2. The number of para-hydroxylation sites is 1. The molecular weight excluding hydrogens is 293 g/mol. The van der Waals surface area contributed by atoms with Crippen molar-refractivity contribution in [3.05, 3.63) is 53.4 Å². The number of pyridine rings is 1. The van der Waals surface area contributed by atoms with Crippen molar-refractivity contribution in [2.45, 2.75) is 0 Å². The summed E-state index contributed by atoms with van der Waals surface area (Å²) in [6.07, 6.45) is 1.49. The number of nitrogens with two attached hydrogens (primary N) is 2. The van der Waals surface area contributed by atoms with Gasteiger partial charge < -0.3 is 16.2 Å². The van der Waals surface area contributed by atoms with Crippen molar-refractivity contribution < 1.29 is 9.13 Å². The highest BCUT2D eigenvalue weighted by atomic mass is 35.5. The Hall–Kier alpha value is -2.53. The fraction of sp³-hybridized carbons (Fsp3) is 0. The molecule has 21 heavy (non-hydrogen) atoms. The van der Waals surface area contributed by atoms with Crippen LogP contribution in [0.5, 0.6) is 11.5 Å². The zero-order valence-corrected chi connectivity index (χ0v) is 11.6. The number of aromatic nitrogens is 1. The van der Waals surface area contributed by atoms with E-state index >= 15 is 0 Å².